The van der Waals surface area contributed by atoms with E-state index in [4.69, 9.17) is 5.26 Å². The lowest BCUT2D eigenvalue weighted by Crippen LogP contribution is -2.35. The molecule has 1 aromatic rings. The molecule has 1 aromatic carbocycles. The van der Waals surface area contributed by atoms with Crippen molar-refractivity contribution in [1.82, 2.24) is 0 Å². The SMILES string of the molecule is Cc1ccc(NCC2(C#N)CCC2)cc1C. The number of nitrogens with one attached hydrogen (secondary N) is 1. The molecule has 1 saturated carbocycles. The molecule has 2 nitrogen and oxygen atoms in total. The van der Waals surface area contributed by atoms with Crippen molar-refractivity contribution in [3.8, 4) is 6.07 Å². The smallest absolute Gasteiger partial charge is 0.0746 e. The monoisotopic (exact) mass is 214 g/mol. The van der Waals surface area contributed by atoms with E-state index in [-0.39, 0.29) is 5.41 Å². The lowest BCUT2D eigenvalue weighted by molar-refractivity contribution is 0.233. The standard InChI is InChI=1S/C14H18N2/c1-11-4-5-13(8-12(11)2)16-10-14(9-15)6-3-7-14/h4-5,8,16H,3,6-7,10H2,1-2H3. The Morgan fingerprint density at radius 3 is 2.56 bits per heavy atom. The van der Waals surface area contributed by atoms with E-state index >= 15 is 0 Å². The summed E-state index contributed by atoms with van der Waals surface area (Å²) < 4.78 is 0. The summed E-state index contributed by atoms with van der Waals surface area (Å²) in [6.45, 7) is 5.01. The number of hydrogen-bond acceptors (Lipinski definition) is 2. The van der Waals surface area contributed by atoms with Gasteiger partial charge in [-0.25, -0.2) is 0 Å². The molecule has 0 aliphatic heterocycles. The zero-order valence-electron chi connectivity index (χ0n) is 10.0. The van der Waals surface area contributed by atoms with Crippen LogP contribution in [0.5, 0.6) is 0 Å². The molecule has 1 aliphatic rings. The quantitative estimate of drug-likeness (QED) is 0.837. The van der Waals surface area contributed by atoms with Crippen LogP contribution in [0.4, 0.5) is 5.69 Å². The molecule has 0 saturated heterocycles. The highest BCUT2D eigenvalue weighted by atomic mass is 14.9. The fourth-order valence-corrected chi connectivity index (χ4v) is 2.05. The Morgan fingerprint density at radius 2 is 2.06 bits per heavy atom. The van der Waals surface area contributed by atoms with Gasteiger partial charge in [0.05, 0.1) is 11.5 Å². The number of nitriles is 1. The summed E-state index contributed by atoms with van der Waals surface area (Å²) in [5.74, 6) is 0. The average Bonchev–Trinajstić information content (AvgIpc) is 2.22. The summed E-state index contributed by atoms with van der Waals surface area (Å²) in [6, 6.07) is 8.81. The second-order valence-electron chi connectivity index (χ2n) is 4.90. The third kappa shape index (κ3) is 2.04. The molecule has 0 atom stereocenters. The maximum Gasteiger partial charge on any atom is 0.0746 e. The van der Waals surface area contributed by atoms with Crippen molar-refractivity contribution in [3.05, 3.63) is 29.3 Å². The lowest BCUT2D eigenvalue weighted by atomic mass is 9.70. The molecule has 0 aromatic heterocycles. The van der Waals surface area contributed by atoms with Gasteiger partial charge in [-0.3, -0.25) is 0 Å². The number of nitrogens with zero attached hydrogens (tertiary/aromatic N) is 1. The van der Waals surface area contributed by atoms with Gasteiger partial charge in [0.15, 0.2) is 0 Å². The maximum atomic E-state index is 9.12. The van der Waals surface area contributed by atoms with E-state index in [1.165, 1.54) is 17.5 Å². The normalized spacial score (nSPS) is 17.3. The molecular weight excluding hydrogens is 196 g/mol. The second kappa shape index (κ2) is 4.17. The molecule has 0 unspecified atom stereocenters. The van der Waals surface area contributed by atoms with Crippen molar-refractivity contribution in [3.63, 3.8) is 0 Å². The van der Waals surface area contributed by atoms with Crippen LogP contribution in [0.3, 0.4) is 0 Å². The molecule has 0 spiro atoms. The zero-order chi connectivity index (χ0) is 11.6. The summed E-state index contributed by atoms with van der Waals surface area (Å²) in [4.78, 5) is 0. The van der Waals surface area contributed by atoms with Gasteiger partial charge in [-0.1, -0.05) is 12.5 Å². The highest BCUT2D eigenvalue weighted by molar-refractivity contribution is 5.48. The Balaban J connectivity index is 2.00. The van der Waals surface area contributed by atoms with Crippen LogP contribution in [0.25, 0.3) is 0 Å². The Bertz CT molecular complexity index is 425. The Kier molecular flexibility index (Phi) is 2.87. The minimum absolute atomic E-state index is 0.0984. The van der Waals surface area contributed by atoms with E-state index < -0.39 is 0 Å². The van der Waals surface area contributed by atoms with Crippen LogP contribution < -0.4 is 5.32 Å². The topological polar surface area (TPSA) is 35.8 Å². The van der Waals surface area contributed by atoms with Gasteiger partial charge in [-0.15, -0.1) is 0 Å². The van der Waals surface area contributed by atoms with Crippen LogP contribution in [0, 0.1) is 30.6 Å². The van der Waals surface area contributed by atoms with Crippen molar-refractivity contribution in [2.75, 3.05) is 11.9 Å². The molecule has 16 heavy (non-hydrogen) atoms. The first-order valence-electron chi connectivity index (χ1n) is 5.88. The van der Waals surface area contributed by atoms with Gasteiger partial charge in [0.1, 0.15) is 0 Å². The van der Waals surface area contributed by atoms with Gasteiger partial charge in [-0.05, 0) is 49.9 Å². The summed E-state index contributed by atoms with van der Waals surface area (Å²) in [5, 5.41) is 12.5. The molecule has 0 bridgehead atoms. The van der Waals surface area contributed by atoms with Gasteiger partial charge in [0.2, 0.25) is 0 Å². The predicted octanol–water partition coefficient (Wildman–Crippen LogP) is 3.41. The third-order valence-electron chi connectivity index (χ3n) is 3.69. The lowest BCUT2D eigenvalue weighted by Gasteiger charge is -2.35. The number of benzene rings is 1. The van der Waals surface area contributed by atoms with E-state index in [1.807, 2.05) is 0 Å². The summed E-state index contributed by atoms with van der Waals surface area (Å²) in [6.07, 6.45) is 3.28. The van der Waals surface area contributed by atoms with E-state index in [0.29, 0.717) is 0 Å². The highest BCUT2D eigenvalue weighted by Crippen LogP contribution is 2.40. The summed E-state index contributed by atoms with van der Waals surface area (Å²) >= 11 is 0. The predicted molar refractivity (Wildman–Crippen MR) is 66.3 cm³/mol. The van der Waals surface area contributed by atoms with Gasteiger partial charge < -0.3 is 5.32 Å². The van der Waals surface area contributed by atoms with Crippen LogP contribution in [-0.2, 0) is 0 Å². The van der Waals surface area contributed by atoms with Gasteiger partial charge in [0, 0.05) is 12.2 Å². The van der Waals surface area contributed by atoms with Gasteiger partial charge >= 0.3 is 0 Å². The van der Waals surface area contributed by atoms with E-state index in [9.17, 15) is 0 Å². The molecular formula is C14H18N2. The molecule has 0 radical (unpaired) electrons. The first kappa shape index (κ1) is 11.0. The Labute approximate surface area is 97.3 Å². The minimum atomic E-state index is -0.0984. The molecule has 2 rings (SSSR count). The summed E-state index contributed by atoms with van der Waals surface area (Å²) in [7, 11) is 0. The number of rotatable bonds is 3. The van der Waals surface area contributed by atoms with Gasteiger partial charge in [-0.2, -0.15) is 5.26 Å². The molecule has 1 aliphatic carbocycles. The number of hydrogen-bond donors (Lipinski definition) is 1. The van der Waals surface area contributed by atoms with Crippen molar-refractivity contribution in [2.24, 2.45) is 5.41 Å². The van der Waals surface area contributed by atoms with Crippen molar-refractivity contribution in [1.29, 1.82) is 5.26 Å². The molecule has 0 heterocycles. The van der Waals surface area contributed by atoms with Crippen molar-refractivity contribution < 1.29 is 0 Å². The molecule has 1 N–H and O–H groups in total. The van der Waals surface area contributed by atoms with Crippen molar-refractivity contribution >= 4 is 5.69 Å². The Morgan fingerprint density at radius 1 is 1.31 bits per heavy atom. The molecule has 84 valence electrons. The van der Waals surface area contributed by atoms with E-state index in [2.05, 4.69) is 43.4 Å². The number of anilines is 1. The summed E-state index contributed by atoms with van der Waals surface area (Å²) in [5.41, 5.74) is 3.64. The average molecular weight is 214 g/mol. The van der Waals surface area contributed by atoms with Crippen LogP contribution in [0.1, 0.15) is 30.4 Å². The first-order chi connectivity index (χ1) is 7.65. The Hall–Kier alpha value is -1.49. The molecule has 1 fully saturated rings. The maximum absolute atomic E-state index is 9.12. The van der Waals surface area contributed by atoms with Crippen LogP contribution >= 0.6 is 0 Å². The number of aryl methyl sites for hydroxylation is 2. The fraction of sp³-hybridized carbons (Fsp3) is 0.500. The van der Waals surface area contributed by atoms with E-state index in [1.54, 1.807) is 0 Å². The van der Waals surface area contributed by atoms with Crippen LogP contribution in [0.2, 0.25) is 0 Å². The van der Waals surface area contributed by atoms with Crippen LogP contribution in [0.15, 0.2) is 18.2 Å². The molecule has 0 amide bonds. The van der Waals surface area contributed by atoms with E-state index in [0.717, 1.165) is 25.1 Å². The van der Waals surface area contributed by atoms with Crippen LogP contribution in [-0.4, -0.2) is 6.54 Å². The third-order valence-corrected chi connectivity index (χ3v) is 3.69. The van der Waals surface area contributed by atoms with Gasteiger partial charge in [0.25, 0.3) is 0 Å². The highest BCUT2D eigenvalue weighted by Gasteiger charge is 2.36. The largest absolute Gasteiger partial charge is 0.383 e. The first-order valence-corrected chi connectivity index (χ1v) is 5.88. The van der Waals surface area contributed by atoms with Crippen molar-refractivity contribution in [2.45, 2.75) is 33.1 Å². The minimum Gasteiger partial charge on any atom is -0.383 e. The molecule has 2 heteroatoms. The zero-order valence-corrected chi connectivity index (χ0v) is 10.0. The fourth-order valence-electron chi connectivity index (χ4n) is 2.05. The second-order valence-corrected chi connectivity index (χ2v) is 4.90.